The number of nitrogens with one attached hydrogen (secondary N) is 1. The molecule has 0 aliphatic heterocycles. The summed E-state index contributed by atoms with van der Waals surface area (Å²) < 4.78 is 42.5. The van der Waals surface area contributed by atoms with Crippen LogP contribution < -0.4 is 14.3 Å². The van der Waals surface area contributed by atoms with Gasteiger partial charge in [0.1, 0.15) is 18.5 Å². The maximum atomic E-state index is 13.5. The van der Waals surface area contributed by atoms with Gasteiger partial charge >= 0.3 is 19.7 Å². The van der Waals surface area contributed by atoms with Crippen LogP contribution in [-0.4, -0.2) is 58.5 Å². The van der Waals surface area contributed by atoms with E-state index in [9.17, 15) is 9.36 Å². The van der Waals surface area contributed by atoms with Crippen LogP contribution >= 0.6 is 7.75 Å². The van der Waals surface area contributed by atoms with Gasteiger partial charge in [-0.3, -0.25) is 9.32 Å². The first-order valence-electron chi connectivity index (χ1n) is 12.7. The van der Waals surface area contributed by atoms with Gasteiger partial charge in [-0.25, -0.2) is 19.5 Å². The number of rotatable bonds is 17. The normalized spacial score (nSPS) is 13.6. The van der Waals surface area contributed by atoms with E-state index in [1.165, 1.54) is 7.11 Å². The third kappa shape index (κ3) is 9.74. The third-order valence-electron chi connectivity index (χ3n) is 5.76. The predicted molar refractivity (Wildman–Crippen MR) is 144 cm³/mol. The highest BCUT2D eigenvalue weighted by Gasteiger charge is 2.32. The van der Waals surface area contributed by atoms with E-state index >= 15 is 0 Å². The van der Waals surface area contributed by atoms with Crippen molar-refractivity contribution in [1.29, 1.82) is 0 Å². The number of esters is 1. The molecule has 39 heavy (non-hydrogen) atoms. The van der Waals surface area contributed by atoms with Crippen LogP contribution in [0.25, 0.3) is 11.3 Å². The molecule has 0 aliphatic rings. The fraction of sp³-hybridized carbons (Fsp3) is 0.462. The summed E-state index contributed by atoms with van der Waals surface area (Å²) in [5.41, 5.74) is 1.41. The summed E-state index contributed by atoms with van der Waals surface area (Å²) in [6.45, 7) is 6.19. The van der Waals surface area contributed by atoms with Crippen molar-refractivity contribution in [3.8, 4) is 23.0 Å². The number of para-hydroxylation sites is 1. The van der Waals surface area contributed by atoms with E-state index in [0.717, 1.165) is 18.4 Å². The number of carbonyl (C=O) groups excluding carboxylic acids is 1. The summed E-state index contributed by atoms with van der Waals surface area (Å²) in [6, 6.07) is 7.95. The molecular weight excluding hydrogens is 525 g/mol. The number of aromatic nitrogens is 4. The lowest BCUT2D eigenvalue weighted by molar-refractivity contribution is -0.146. The van der Waals surface area contributed by atoms with Crippen molar-refractivity contribution in [2.24, 2.45) is 5.92 Å². The van der Waals surface area contributed by atoms with Crippen LogP contribution in [0.3, 0.4) is 0 Å². The minimum atomic E-state index is -3.94. The summed E-state index contributed by atoms with van der Waals surface area (Å²) in [6.07, 6.45) is 8.44. The van der Waals surface area contributed by atoms with Gasteiger partial charge in [-0.15, -0.1) is 0 Å². The first-order chi connectivity index (χ1) is 18.9. The van der Waals surface area contributed by atoms with Gasteiger partial charge in [0.25, 0.3) is 0 Å². The summed E-state index contributed by atoms with van der Waals surface area (Å²) in [4.78, 5) is 25.0. The van der Waals surface area contributed by atoms with Crippen molar-refractivity contribution >= 4 is 13.7 Å². The first kappa shape index (κ1) is 30.2. The molecule has 0 amide bonds. The summed E-state index contributed by atoms with van der Waals surface area (Å²) >= 11 is 0. The summed E-state index contributed by atoms with van der Waals surface area (Å²) in [7, 11) is -2.44. The number of nitrogens with zero attached hydrogens (tertiary/aromatic N) is 4. The number of hydrogen-bond donors (Lipinski definition) is 1. The van der Waals surface area contributed by atoms with Gasteiger partial charge < -0.3 is 23.3 Å². The van der Waals surface area contributed by atoms with Crippen molar-refractivity contribution in [3.63, 3.8) is 0 Å². The summed E-state index contributed by atoms with van der Waals surface area (Å²) in [5, 5.41) is 2.68. The quantitative estimate of drug-likeness (QED) is 0.142. The molecular formula is C26H36N5O7P. The molecule has 1 N–H and O–H groups in total. The van der Waals surface area contributed by atoms with E-state index in [4.69, 9.17) is 23.3 Å². The molecule has 3 rings (SSSR count). The second-order valence-electron chi connectivity index (χ2n) is 8.67. The van der Waals surface area contributed by atoms with Crippen molar-refractivity contribution in [2.45, 2.75) is 46.4 Å². The second kappa shape index (κ2) is 15.3. The molecule has 0 unspecified atom stereocenters. The van der Waals surface area contributed by atoms with E-state index in [1.807, 2.05) is 13.8 Å². The number of methoxy groups -OCH3 is 1. The molecule has 0 saturated heterocycles. The number of ether oxygens (including phenoxy) is 3. The molecule has 212 valence electrons. The van der Waals surface area contributed by atoms with Gasteiger partial charge in [0.05, 0.1) is 39.0 Å². The van der Waals surface area contributed by atoms with Crippen molar-refractivity contribution in [3.05, 3.63) is 55.2 Å². The Hall–Kier alpha value is -3.31. The SMILES string of the molecule is CCC(CC)COC(=O)[C@H](C)N[P@](=O)(OCCOCn1cnc(-c2cnc(OC)nc2)c1)Oc1ccccc1. The van der Waals surface area contributed by atoms with Crippen LogP contribution in [0.1, 0.15) is 33.6 Å². The highest BCUT2D eigenvalue weighted by Crippen LogP contribution is 2.44. The molecule has 12 nitrogen and oxygen atoms in total. The van der Waals surface area contributed by atoms with Gasteiger partial charge in [0.2, 0.25) is 0 Å². The fourth-order valence-electron chi connectivity index (χ4n) is 3.37. The fourth-order valence-corrected chi connectivity index (χ4v) is 4.84. The summed E-state index contributed by atoms with van der Waals surface area (Å²) in [5.74, 6) is 0.0788. The Labute approximate surface area is 228 Å². The molecule has 0 saturated carbocycles. The lowest BCUT2D eigenvalue weighted by Gasteiger charge is -2.23. The number of benzene rings is 1. The lowest BCUT2D eigenvalue weighted by Crippen LogP contribution is -2.36. The molecule has 0 radical (unpaired) electrons. The van der Waals surface area contributed by atoms with E-state index in [2.05, 4.69) is 20.0 Å². The Balaban J connectivity index is 1.52. The van der Waals surface area contributed by atoms with Crippen LogP contribution in [0.15, 0.2) is 55.2 Å². The zero-order valence-corrected chi connectivity index (χ0v) is 23.6. The molecule has 2 aromatic heterocycles. The number of imidazole rings is 1. The van der Waals surface area contributed by atoms with Crippen molar-refractivity contribution < 1.29 is 32.6 Å². The highest BCUT2D eigenvalue weighted by atomic mass is 31.2. The molecule has 3 aromatic rings. The topological polar surface area (TPSA) is 136 Å². The highest BCUT2D eigenvalue weighted by molar-refractivity contribution is 7.52. The number of carbonyl (C=O) groups is 1. The minimum absolute atomic E-state index is 0.0551. The predicted octanol–water partition coefficient (Wildman–Crippen LogP) is 4.48. The van der Waals surface area contributed by atoms with E-state index in [0.29, 0.717) is 18.1 Å². The van der Waals surface area contributed by atoms with E-state index in [1.54, 1.807) is 66.7 Å². The van der Waals surface area contributed by atoms with Crippen LogP contribution in [0.5, 0.6) is 11.8 Å². The minimum Gasteiger partial charge on any atom is -0.467 e. The maximum absolute atomic E-state index is 13.5. The lowest BCUT2D eigenvalue weighted by atomic mass is 10.1. The molecule has 13 heteroatoms. The molecule has 0 bridgehead atoms. The molecule has 0 fully saturated rings. The smallest absolute Gasteiger partial charge is 0.459 e. The Morgan fingerprint density at radius 2 is 1.79 bits per heavy atom. The van der Waals surface area contributed by atoms with Gasteiger partial charge in [0, 0.05) is 24.2 Å². The molecule has 1 aromatic carbocycles. The molecule has 2 atom stereocenters. The largest absolute Gasteiger partial charge is 0.467 e. The Kier molecular flexibility index (Phi) is 11.9. The van der Waals surface area contributed by atoms with Crippen LogP contribution in [0.4, 0.5) is 0 Å². The van der Waals surface area contributed by atoms with Gasteiger partial charge in [-0.1, -0.05) is 44.9 Å². The third-order valence-corrected chi connectivity index (χ3v) is 7.44. The van der Waals surface area contributed by atoms with E-state index < -0.39 is 19.8 Å². The average Bonchev–Trinajstić information content (AvgIpc) is 3.42. The number of hydrogen-bond acceptors (Lipinski definition) is 10. The Morgan fingerprint density at radius 1 is 1.08 bits per heavy atom. The van der Waals surface area contributed by atoms with Crippen molar-refractivity contribution in [1.82, 2.24) is 24.6 Å². The Morgan fingerprint density at radius 3 is 2.46 bits per heavy atom. The molecule has 2 heterocycles. The second-order valence-corrected chi connectivity index (χ2v) is 10.4. The standard InChI is InChI=1S/C26H36N5O7P/c1-5-21(6-2)17-36-25(32)20(3)30-39(33,38-23-10-8-7-9-11-23)37-13-12-35-19-31-16-24(29-18-31)22-14-27-26(34-4)28-15-22/h7-11,14-16,18,20-21H,5-6,12-13,17,19H2,1-4H3,(H,30,33)/t20-,39-/m0/s1. The van der Waals surface area contributed by atoms with Gasteiger partial charge in [-0.2, -0.15) is 5.09 Å². The van der Waals surface area contributed by atoms with Crippen LogP contribution in [0.2, 0.25) is 0 Å². The van der Waals surface area contributed by atoms with Gasteiger partial charge in [0.15, 0.2) is 0 Å². The van der Waals surface area contributed by atoms with Crippen LogP contribution in [0, 0.1) is 5.92 Å². The molecule has 0 spiro atoms. The monoisotopic (exact) mass is 561 g/mol. The van der Waals surface area contributed by atoms with Gasteiger partial charge in [-0.05, 0) is 25.0 Å². The van der Waals surface area contributed by atoms with E-state index in [-0.39, 0.29) is 31.9 Å². The maximum Gasteiger partial charge on any atom is 0.459 e. The van der Waals surface area contributed by atoms with Crippen LogP contribution in [-0.2, 0) is 30.1 Å². The first-order valence-corrected chi connectivity index (χ1v) is 14.3. The zero-order chi connectivity index (χ0) is 28.1. The van der Waals surface area contributed by atoms with Crippen molar-refractivity contribution in [2.75, 3.05) is 26.9 Å². The Bertz CT molecular complexity index is 1190. The average molecular weight is 562 g/mol. The molecule has 0 aliphatic carbocycles. The zero-order valence-electron chi connectivity index (χ0n) is 22.7.